The number of nitrogens with zero attached hydrogens (tertiary/aromatic N) is 2. The van der Waals surface area contributed by atoms with E-state index in [-0.39, 0.29) is 5.56 Å². The average molecular weight is 204 g/mol. The van der Waals surface area contributed by atoms with Gasteiger partial charge in [0.1, 0.15) is 0 Å². The molecule has 0 spiro atoms. The molecule has 1 aromatic carbocycles. The molecule has 15 heavy (non-hydrogen) atoms. The number of hydrogen-bond acceptors (Lipinski definition) is 2. The third kappa shape index (κ3) is 2.24. The first-order valence-electron chi connectivity index (χ1n) is 5.27. The van der Waals surface area contributed by atoms with Gasteiger partial charge in [-0.25, -0.2) is 4.98 Å². The summed E-state index contributed by atoms with van der Waals surface area (Å²) in [6.07, 6.45) is 1.59. The normalized spacial score (nSPS) is 9.53. The van der Waals surface area contributed by atoms with Crippen molar-refractivity contribution in [3.8, 4) is 0 Å². The zero-order chi connectivity index (χ0) is 11.3. The summed E-state index contributed by atoms with van der Waals surface area (Å²) in [6.45, 7) is 6.59. The fourth-order valence-electron chi connectivity index (χ4n) is 1.33. The molecule has 0 saturated heterocycles. The molecule has 0 aliphatic heterocycles. The van der Waals surface area contributed by atoms with Crippen LogP contribution in [0.1, 0.15) is 20.8 Å². The molecule has 0 unspecified atom stereocenters. The topological polar surface area (TPSA) is 34.9 Å². The monoisotopic (exact) mass is 204 g/mol. The Morgan fingerprint density at radius 3 is 2.60 bits per heavy atom. The van der Waals surface area contributed by atoms with Crippen molar-refractivity contribution in [3.05, 3.63) is 40.9 Å². The van der Waals surface area contributed by atoms with Gasteiger partial charge in [-0.3, -0.25) is 9.36 Å². The van der Waals surface area contributed by atoms with Crippen LogP contribution in [0.3, 0.4) is 0 Å². The van der Waals surface area contributed by atoms with Gasteiger partial charge in [-0.2, -0.15) is 0 Å². The summed E-state index contributed by atoms with van der Waals surface area (Å²) in [5, 5.41) is 0.687. The molecule has 0 radical (unpaired) electrons. The summed E-state index contributed by atoms with van der Waals surface area (Å²) in [4.78, 5) is 15.9. The fourth-order valence-corrected chi connectivity index (χ4v) is 1.33. The lowest BCUT2D eigenvalue weighted by Gasteiger charge is -2.01. The number of fused-ring (bicyclic) bond motifs is 1. The van der Waals surface area contributed by atoms with Gasteiger partial charge in [0.05, 0.1) is 17.2 Å². The van der Waals surface area contributed by atoms with Crippen LogP contribution in [-0.4, -0.2) is 9.55 Å². The number of aryl methyl sites for hydroxylation is 1. The molecule has 80 valence electrons. The van der Waals surface area contributed by atoms with Gasteiger partial charge in [-0.1, -0.05) is 26.0 Å². The first-order valence-corrected chi connectivity index (χ1v) is 5.27. The zero-order valence-corrected chi connectivity index (χ0v) is 9.40. The van der Waals surface area contributed by atoms with Gasteiger partial charge in [0.25, 0.3) is 5.56 Å². The highest BCUT2D eigenvalue weighted by Crippen LogP contribution is 2.03. The van der Waals surface area contributed by atoms with Gasteiger partial charge in [-0.15, -0.1) is 0 Å². The predicted molar refractivity (Wildman–Crippen MR) is 63.0 cm³/mol. The van der Waals surface area contributed by atoms with Gasteiger partial charge in [0.2, 0.25) is 0 Å². The summed E-state index contributed by atoms with van der Waals surface area (Å²) in [7, 11) is 0. The van der Waals surface area contributed by atoms with Crippen LogP contribution in [-0.2, 0) is 6.54 Å². The Bertz CT molecular complexity index is 488. The van der Waals surface area contributed by atoms with Crippen LogP contribution in [0.25, 0.3) is 10.9 Å². The Morgan fingerprint density at radius 2 is 1.93 bits per heavy atom. The maximum Gasteiger partial charge on any atom is 0.261 e. The van der Waals surface area contributed by atoms with E-state index >= 15 is 0 Å². The largest absolute Gasteiger partial charge is 0.299 e. The van der Waals surface area contributed by atoms with Crippen LogP contribution >= 0.6 is 0 Å². The third-order valence-electron chi connectivity index (χ3n) is 2.07. The van der Waals surface area contributed by atoms with Crippen LogP contribution in [0.4, 0.5) is 0 Å². The van der Waals surface area contributed by atoms with Crippen LogP contribution in [0.2, 0.25) is 0 Å². The van der Waals surface area contributed by atoms with E-state index in [0.29, 0.717) is 11.9 Å². The molecule has 0 aliphatic rings. The number of hydrogen-bond donors (Lipinski definition) is 0. The van der Waals surface area contributed by atoms with Gasteiger partial charge in [0, 0.05) is 6.54 Å². The lowest BCUT2D eigenvalue weighted by molar-refractivity contribution is 0.717. The van der Waals surface area contributed by atoms with E-state index < -0.39 is 0 Å². The van der Waals surface area contributed by atoms with Gasteiger partial charge in [-0.05, 0) is 19.1 Å². The molecule has 0 aliphatic carbocycles. The quantitative estimate of drug-likeness (QED) is 0.715. The SMILES string of the molecule is CC.CCn1cnc2ccccc2c1=O. The van der Waals surface area contributed by atoms with Crippen LogP contribution in [0.15, 0.2) is 35.4 Å². The van der Waals surface area contributed by atoms with Crippen molar-refractivity contribution in [1.82, 2.24) is 9.55 Å². The van der Waals surface area contributed by atoms with Crippen LogP contribution in [0.5, 0.6) is 0 Å². The summed E-state index contributed by atoms with van der Waals surface area (Å²) in [5.74, 6) is 0. The Hall–Kier alpha value is -1.64. The van der Waals surface area contributed by atoms with Gasteiger partial charge >= 0.3 is 0 Å². The first kappa shape index (κ1) is 11.4. The van der Waals surface area contributed by atoms with Crippen molar-refractivity contribution in [1.29, 1.82) is 0 Å². The number of para-hydroxylation sites is 1. The second kappa shape index (κ2) is 5.29. The van der Waals surface area contributed by atoms with Crippen molar-refractivity contribution in [3.63, 3.8) is 0 Å². The second-order valence-corrected chi connectivity index (χ2v) is 2.85. The molecule has 3 heteroatoms. The molecule has 0 atom stereocenters. The fraction of sp³-hybridized carbons (Fsp3) is 0.333. The van der Waals surface area contributed by atoms with E-state index in [0.717, 1.165) is 5.52 Å². The number of rotatable bonds is 1. The Labute approximate surface area is 89.4 Å². The first-order chi connectivity index (χ1) is 7.33. The highest BCUT2D eigenvalue weighted by molar-refractivity contribution is 5.76. The Morgan fingerprint density at radius 1 is 1.27 bits per heavy atom. The van der Waals surface area contributed by atoms with Crippen molar-refractivity contribution in [2.75, 3.05) is 0 Å². The standard InChI is InChI=1S/C10H10N2O.C2H6/c1-2-12-7-11-9-6-4-3-5-8(9)10(12)13;1-2/h3-7H,2H2,1H3;1-2H3. The van der Waals surface area contributed by atoms with Crippen molar-refractivity contribution in [2.24, 2.45) is 0 Å². The molecule has 1 heterocycles. The minimum Gasteiger partial charge on any atom is -0.299 e. The molecular formula is C12H16N2O. The smallest absolute Gasteiger partial charge is 0.261 e. The molecule has 0 N–H and O–H groups in total. The summed E-state index contributed by atoms with van der Waals surface area (Å²) < 4.78 is 1.60. The lowest BCUT2D eigenvalue weighted by Crippen LogP contribution is -2.19. The highest BCUT2D eigenvalue weighted by Gasteiger charge is 1.99. The van der Waals surface area contributed by atoms with Gasteiger partial charge in [0.15, 0.2) is 0 Å². The maximum atomic E-state index is 11.7. The summed E-state index contributed by atoms with van der Waals surface area (Å²) in [6, 6.07) is 7.38. The Balaban J connectivity index is 0.000000531. The van der Waals surface area contributed by atoms with Gasteiger partial charge < -0.3 is 0 Å². The van der Waals surface area contributed by atoms with E-state index in [1.807, 2.05) is 39.0 Å². The minimum atomic E-state index is 0.0353. The van der Waals surface area contributed by atoms with Crippen LogP contribution < -0.4 is 5.56 Å². The summed E-state index contributed by atoms with van der Waals surface area (Å²) in [5.41, 5.74) is 0.797. The van der Waals surface area contributed by atoms with Crippen molar-refractivity contribution < 1.29 is 0 Å². The van der Waals surface area contributed by atoms with Crippen molar-refractivity contribution >= 4 is 10.9 Å². The van der Waals surface area contributed by atoms with E-state index in [1.165, 1.54) is 0 Å². The number of benzene rings is 1. The molecule has 0 bridgehead atoms. The molecule has 1 aromatic heterocycles. The molecule has 3 nitrogen and oxygen atoms in total. The van der Waals surface area contributed by atoms with Crippen molar-refractivity contribution in [2.45, 2.75) is 27.3 Å². The minimum absolute atomic E-state index is 0.0353. The highest BCUT2D eigenvalue weighted by atomic mass is 16.1. The molecular weight excluding hydrogens is 188 g/mol. The third-order valence-corrected chi connectivity index (χ3v) is 2.07. The Kier molecular flexibility index (Phi) is 4.03. The molecule has 0 fully saturated rings. The lowest BCUT2D eigenvalue weighted by atomic mass is 10.2. The molecule has 2 aromatic rings. The predicted octanol–water partition coefficient (Wildman–Crippen LogP) is 2.44. The molecule has 2 rings (SSSR count). The summed E-state index contributed by atoms with van der Waals surface area (Å²) >= 11 is 0. The van der Waals surface area contributed by atoms with E-state index in [1.54, 1.807) is 17.0 Å². The van der Waals surface area contributed by atoms with E-state index in [4.69, 9.17) is 0 Å². The van der Waals surface area contributed by atoms with E-state index in [2.05, 4.69) is 4.98 Å². The second-order valence-electron chi connectivity index (χ2n) is 2.85. The average Bonchev–Trinajstić information content (AvgIpc) is 2.33. The zero-order valence-electron chi connectivity index (χ0n) is 9.40. The maximum absolute atomic E-state index is 11.7. The number of aromatic nitrogens is 2. The van der Waals surface area contributed by atoms with E-state index in [9.17, 15) is 4.79 Å². The molecule has 0 amide bonds. The molecule has 0 saturated carbocycles. The van der Waals surface area contributed by atoms with Crippen LogP contribution in [0, 0.1) is 0 Å².